The summed E-state index contributed by atoms with van der Waals surface area (Å²) in [5.41, 5.74) is 6.64. The van der Waals surface area contributed by atoms with Gasteiger partial charge in [-0.2, -0.15) is 8.42 Å². The fourth-order valence-electron chi connectivity index (χ4n) is 1.66. The summed E-state index contributed by atoms with van der Waals surface area (Å²) in [7, 11) is -0.528. The van der Waals surface area contributed by atoms with E-state index in [0.29, 0.717) is 11.3 Å². The summed E-state index contributed by atoms with van der Waals surface area (Å²) in [6.45, 7) is 0. The average Bonchev–Trinajstić information content (AvgIpc) is 2.85. The van der Waals surface area contributed by atoms with Crippen LogP contribution in [0.2, 0.25) is 0 Å². The molecule has 0 aliphatic heterocycles. The van der Waals surface area contributed by atoms with Crippen molar-refractivity contribution in [2.75, 3.05) is 11.4 Å². The van der Waals surface area contributed by atoms with Crippen molar-refractivity contribution in [2.24, 2.45) is 12.8 Å². The van der Waals surface area contributed by atoms with Crippen LogP contribution in [0.1, 0.15) is 5.56 Å². The Balaban J connectivity index is 2.43. The van der Waals surface area contributed by atoms with Gasteiger partial charge in [0.1, 0.15) is 4.99 Å². The van der Waals surface area contributed by atoms with Crippen LogP contribution in [-0.2, 0) is 17.1 Å². The lowest BCUT2D eigenvalue weighted by atomic mass is 10.2. The zero-order valence-corrected chi connectivity index (χ0v) is 12.6. The summed E-state index contributed by atoms with van der Waals surface area (Å²) < 4.78 is 27.6. The van der Waals surface area contributed by atoms with Crippen molar-refractivity contribution in [2.45, 2.75) is 5.03 Å². The minimum atomic E-state index is -3.70. The molecule has 0 spiro atoms. The van der Waals surface area contributed by atoms with Gasteiger partial charge in [0.25, 0.3) is 10.0 Å². The van der Waals surface area contributed by atoms with Gasteiger partial charge in [-0.1, -0.05) is 24.4 Å². The van der Waals surface area contributed by atoms with Crippen molar-refractivity contribution in [1.82, 2.24) is 9.55 Å². The summed E-state index contributed by atoms with van der Waals surface area (Å²) in [6, 6.07) is 6.73. The summed E-state index contributed by atoms with van der Waals surface area (Å²) in [4.78, 5) is 4.09. The number of aromatic nitrogens is 2. The van der Waals surface area contributed by atoms with E-state index in [4.69, 9.17) is 18.0 Å². The first-order valence-corrected chi connectivity index (χ1v) is 7.54. The van der Waals surface area contributed by atoms with E-state index < -0.39 is 10.0 Å². The maximum atomic E-state index is 12.4. The Bertz CT molecular complexity index is 752. The molecule has 2 N–H and O–H groups in total. The van der Waals surface area contributed by atoms with Crippen LogP contribution in [0.25, 0.3) is 0 Å². The van der Waals surface area contributed by atoms with Gasteiger partial charge in [-0.3, -0.25) is 4.31 Å². The van der Waals surface area contributed by atoms with Crippen molar-refractivity contribution < 1.29 is 8.42 Å². The lowest BCUT2D eigenvalue weighted by Gasteiger charge is -2.18. The molecular weight excluding hydrogens is 296 g/mol. The fourth-order valence-corrected chi connectivity index (χ4v) is 2.93. The second kappa shape index (κ2) is 5.22. The van der Waals surface area contributed by atoms with Gasteiger partial charge < -0.3 is 10.3 Å². The normalized spacial score (nSPS) is 11.3. The lowest BCUT2D eigenvalue weighted by molar-refractivity contribution is 0.591. The van der Waals surface area contributed by atoms with E-state index in [0.717, 1.165) is 4.31 Å². The number of nitrogens with two attached hydrogens (primary N) is 1. The molecule has 0 saturated heterocycles. The van der Waals surface area contributed by atoms with Gasteiger partial charge in [0, 0.05) is 25.9 Å². The third-order valence-corrected chi connectivity index (χ3v) is 4.71. The molecule has 0 fully saturated rings. The molecular formula is C12H14N4O2S2. The van der Waals surface area contributed by atoms with Crippen molar-refractivity contribution in [3.63, 3.8) is 0 Å². The number of hydrogen-bond donors (Lipinski definition) is 1. The van der Waals surface area contributed by atoms with E-state index in [1.807, 2.05) is 0 Å². The van der Waals surface area contributed by atoms with E-state index in [2.05, 4.69) is 4.98 Å². The smallest absolute Gasteiger partial charge is 0.283 e. The van der Waals surface area contributed by atoms with E-state index in [1.54, 1.807) is 35.9 Å². The number of hydrogen-bond acceptors (Lipinski definition) is 4. The minimum Gasteiger partial charge on any atom is -0.389 e. The van der Waals surface area contributed by atoms with Crippen molar-refractivity contribution in [3.05, 3.63) is 42.4 Å². The number of thiocarbonyl (C=S) groups is 1. The molecule has 6 nitrogen and oxygen atoms in total. The van der Waals surface area contributed by atoms with E-state index in [1.165, 1.54) is 19.6 Å². The molecule has 0 unspecified atom stereocenters. The number of benzene rings is 1. The Kier molecular flexibility index (Phi) is 3.78. The Morgan fingerprint density at radius 2 is 2.15 bits per heavy atom. The summed E-state index contributed by atoms with van der Waals surface area (Å²) in [5.74, 6) is 0. The molecule has 8 heteroatoms. The number of anilines is 1. The first-order chi connectivity index (χ1) is 9.32. The van der Waals surface area contributed by atoms with Gasteiger partial charge in [0.05, 0.1) is 12.0 Å². The molecule has 20 heavy (non-hydrogen) atoms. The zero-order valence-electron chi connectivity index (χ0n) is 11.0. The van der Waals surface area contributed by atoms with Gasteiger partial charge in [0.2, 0.25) is 0 Å². The highest BCUT2D eigenvalue weighted by atomic mass is 32.2. The largest absolute Gasteiger partial charge is 0.389 e. The van der Waals surface area contributed by atoms with E-state index in [-0.39, 0.29) is 10.0 Å². The molecule has 0 bridgehead atoms. The molecule has 2 aromatic rings. The van der Waals surface area contributed by atoms with Gasteiger partial charge in [-0.15, -0.1) is 0 Å². The highest BCUT2D eigenvalue weighted by molar-refractivity contribution is 7.92. The Morgan fingerprint density at radius 3 is 2.70 bits per heavy atom. The van der Waals surface area contributed by atoms with Gasteiger partial charge >= 0.3 is 0 Å². The number of imidazole rings is 1. The summed E-state index contributed by atoms with van der Waals surface area (Å²) in [5, 5.41) is -0.0109. The lowest BCUT2D eigenvalue weighted by Crippen LogP contribution is -2.27. The number of sulfonamides is 1. The van der Waals surface area contributed by atoms with Crippen LogP contribution < -0.4 is 10.0 Å². The second-order valence-corrected chi connectivity index (χ2v) is 6.62. The van der Waals surface area contributed by atoms with Crippen LogP contribution in [0.5, 0.6) is 0 Å². The minimum absolute atomic E-state index is 0.0109. The number of aryl methyl sites for hydroxylation is 1. The van der Waals surface area contributed by atoms with Crippen molar-refractivity contribution in [1.29, 1.82) is 0 Å². The van der Waals surface area contributed by atoms with E-state index >= 15 is 0 Å². The highest BCUT2D eigenvalue weighted by Crippen LogP contribution is 2.21. The molecule has 1 aromatic carbocycles. The predicted octanol–water partition coefficient (Wildman–Crippen LogP) is 0.879. The molecule has 106 valence electrons. The maximum absolute atomic E-state index is 12.4. The van der Waals surface area contributed by atoms with Crippen molar-refractivity contribution in [3.8, 4) is 0 Å². The van der Waals surface area contributed by atoms with Crippen molar-refractivity contribution >= 4 is 32.9 Å². The number of nitrogens with zero attached hydrogens (tertiary/aromatic N) is 3. The molecule has 2 rings (SSSR count). The van der Waals surface area contributed by atoms with Gasteiger partial charge in [-0.05, 0) is 12.1 Å². The molecule has 1 heterocycles. The highest BCUT2D eigenvalue weighted by Gasteiger charge is 2.23. The van der Waals surface area contributed by atoms with Gasteiger partial charge in [-0.25, -0.2) is 4.98 Å². The molecule has 0 atom stereocenters. The topological polar surface area (TPSA) is 81.2 Å². The molecule has 0 aliphatic carbocycles. The quantitative estimate of drug-likeness (QED) is 0.848. The summed E-state index contributed by atoms with van der Waals surface area (Å²) in [6.07, 6.45) is 2.88. The first-order valence-electron chi connectivity index (χ1n) is 5.69. The van der Waals surface area contributed by atoms with E-state index in [9.17, 15) is 8.42 Å². The monoisotopic (exact) mass is 310 g/mol. The number of rotatable bonds is 4. The average molecular weight is 310 g/mol. The standard InChI is InChI=1S/C12H14N4O2S2/c1-15-7-11(14-8-15)20(17,18)16(2)10-5-3-4-9(6-10)12(13)19/h3-8H,1-2H3,(H2,13,19). The third kappa shape index (κ3) is 2.66. The molecule has 0 amide bonds. The van der Waals surface area contributed by atoms with Crippen LogP contribution in [0.4, 0.5) is 5.69 Å². The molecule has 1 aromatic heterocycles. The Labute approximate surface area is 122 Å². The first kappa shape index (κ1) is 14.5. The molecule has 0 saturated carbocycles. The molecule has 0 aliphatic rings. The third-order valence-electron chi connectivity index (χ3n) is 2.80. The SMILES string of the molecule is CN(c1cccc(C(N)=S)c1)S(=O)(=O)c1cn(C)cn1. The second-order valence-electron chi connectivity index (χ2n) is 4.26. The van der Waals surface area contributed by atoms with Crippen LogP contribution >= 0.6 is 12.2 Å². The van der Waals surface area contributed by atoms with Crippen LogP contribution in [0.3, 0.4) is 0 Å². The molecule has 0 radical (unpaired) electrons. The van der Waals surface area contributed by atoms with Gasteiger partial charge in [0.15, 0.2) is 5.03 Å². The van der Waals surface area contributed by atoms with Crippen LogP contribution in [-0.4, -0.2) is 30.0 Å². The maximum Gasteiger partial charge on any atom is 0.283 e. The zero-order chi connectivity index (χ0) is 14.9. The Morgan fingerprint density at radius 1 is 1.45 bits per heavy atom. The fraction of sp³-hybridized carbons (Fsp3) is 0.167. The summed E-state index contributed by atoms with van der Waals surface area (Å²) >= 11 is 4.89. The Hall–Kier alpha value is -1.93. The van der Waals surface area contributed by atoms with Crippen LogP contribution in [0.15, 0.2) is 41.8 Å². The van der Waals surface area contributed by atoms with Crippen LogP contribution in [0, 0.1) is 0 Å². The predicted molar refractivity (Wildman–Crippen MR) is 81.1 cm³/mol.